The van der Waals surface area contributed by atoms with E-state index in [4.69, 9.17) is 18.9 Å². The number of hydrogen-bond donors (Lipinski definition) is 1. The van der Waals surface area contributed by atoms with Gasteiger partial charge in [0.1, 0.15) is 5.56 Å². The smallest absolute Gasteiger partial charge is 0.328 e. The second kappa shape index (κ2) is 9.08. The average Bonchev–Trinajstić information content (AvgIpc) is 3.55. The van der Waals surface area contributed by atoms with Gasteiger partial charge in [-0.1, -0.05) is 12.1 Å². The van der Waals surface area contributed by atoms with Crippen molar-refractivity contribution in [3.63, 3.8) is 0 Å². The highest BCUT2D eigenvalue weighted by Gasteiger charge is 2.26. The molecule has 3 aromatic rings. The molecule has 3 aliphatic heterocycles. The predicted molar refractivity (Wildman–Crippen MR) is 127 cm³/mol. The number of amides is 1. The van der Waals surface area contributed by atoms with Gasteiger partial charge in [-0.05, 0) is 35.4 Å². The third-order valence-electron chi connectivity index (χ3n) is 6.57. The summed E-state index contributed by atoms with van der Waals surface area (Å²) in [6, 6.07) is 11.1. The minimum atomic E-state index is -0.621. The number of benzene rings is 2. The van der Waals surface area contributed by atoms with Crippen molar-refractivity contribution >= 4 is 5.91 Å². The van der Waals surface area contributed by atoms with Crippen LogP contribution in [0.5, 0.6) is 23.0 Å². The van der Waals surface area contributed by atoms with Crippen molar-refractivity contribution in [2.24, 2.45) is 0 Å². The molecule has 1 amide bonds. The zero-order chi connectivity index (χ0) is 24.6. The zero-order valence-electron chi connectivity index (χ0n) is 19.4. The van der Waals surface area contributed by atoms with Gasteiger partial charge in [0.25, 0.3) is 11.5 Å². The molecule has 36 heavy (non-hydrogen) atoms. The summed E-state index contributed by atoms with van der Waals surface area (Å²) in [6.07, 6.45) is 1.21. The van der Waals surface area contributed by atoms with Crippen molar-refractivity contribution < 1.29 is 23.7 Å². The number of hydrogen-bond acceptors (Lipinski definition) is 8. The lowest BCUT2D eigenvalue weighted by molar-refractivity contribution is 0.0625. The van der Waals surface area contributed by atoms with E-state index in [-0.39, 0.29) is 25.7 Å². The molecule has 0 bridgehead atoms. The van der Waals surface area contributed by atoms with Gasteiger partial charge < -0.3 is 28.8 Å². The monoisotopic (exact) mass is 492 g/mol. The molecule has 1 saturated heterocycles. The lowest BCUT2D eigenvalue weighted by Gasteiger charge is -2.34. The summed E-state index contributed by atoms with van der Waals surface area (Å²) in [5, 5.41) is 0. The third kappa shape index (κ3) is 4.17. The number of ether oxygens (including phenoxy) is 4. The van der Waals surface area contributed by atoms with Gasteiger partial charge in [-0.3, -0.25) is 19.1 Å². The number of aromatic amines is 1. The number of carbonyl (C=O) groups is 1. The Labute approximate surface area is 205 Å². The predicted octanol–water partition coefficient (Wildman–Crippen LogP) is 1.00. The minimum Gasteiger partial charge on any atom is -0.454 e. The molecule has 0 aliphatic carbocycles. The highest BCUT2D eigenvalue weighted by molar-refractivity contribution is 5.93. The van der Waals surface area contributed by atoms with Crippen molar-refractivity contribution in [1.82, 2.24) is 19.4 Å². The van der Waals surface area contributed by atoms with Crippen molar-refractivity contribution in [3.05, 3.63) is 80.1 Å². The van der Waals surface area contributed by atoms with Crippen LogP contribution >= 0.6 is 0 Å². The fourth-order valence-electron chi connectivity index (χ4n) is 4.61. The van der Waals surface area contributed by atoms with E-state index in [9.17, 15) is 14.4 Å². The van der Waals surface area contributed by atoms with Crippen LogP contribution in [-0.4, -0.2) is 65.0 Å². The number of nitrogens with one attached hydrogen (secondary N) is 1. The number of piperazine rings is 1. The molecule has 1 N–H and O–H groups in total. The van der Waals surface area contributed by atoms with Gasteiger partial charge >= 0.3 is 5.69 Å². The maximum absolute atomic E-state index is 13.2. The first-order valence-electron chi connectivity index (χ1n) is 11.7. The Bertz CT molecular complexity index is 1440. The van der Waals surface area contributed by atoms with Crippen LogP contribution in [0.4, 0.5) is 0 Å². The first-order valence-corrected chi connectivity index (χ1v) is 11.7. The summed E-state index contributed by atoms with van der Waals surface area (Å²) in [6.45, 7) is 3.38. The van der Waals surface area contributed by atoms with E-state index in [0.717, 1.165) is 28.2 Å². The maximum Gasteiger partial charge on any atom is 0.328 e. The molecule has 11 heteroatoms. The number of H-pyrrole nitrogens is 1. The molecule has 1 aromatic heterocycles. The molecule has 2 aromatic carbocycles. The summed E-state index contributed by atoms with van der Waals surface area (Å²) in [5.74, 6) is 2.28. The normalized spacial score (nSPS) is 16.4. The third-order valence-corrected chi connectivity index (χ3v) is 6.57. The zero-order valence-corrected chi connectivity index (χ0v) is 19.4. The van der Waals surface area contributed by atoms with E-state index in [1.807, 2.05) is 18.2 Å². The number of carbonyl (C=O) groups excluding carboxylic acids is 1. The van der Waals surface area contributed by atoms with Gasteiger partial charge in [-0.2, -0.15) is 0 Å². The maximum atomic E-state index is 13.2. The van der Waals surface area contributed by atoms with E-state index in [1.54, 1.807) is 23.1 Å². The van der Waals surface area contributed by atoms with Crippen LogP contribution in [0, 0.1) is 0 Å². The van der Waals surface area contributed by atoms with Crippen LogP contribution in [0.1, 0.15) is 21.5 Å². The van der Waals surface area contributed by atoms with Gasteiger partial charge in [0.05, 0.1) is 6.54 Å². The Morgan fingerprint density at radius 1 is 0.778 bits per heavy atom. The molecule has 1 fully saturated rings. The standard InChI is InChI=1S/C25H24N4O7/c30-23(28-7-5-27(6-8-28)12-16-1-3-19-21(9-16)35-14-33-19)18-11-26-25(32)29(24(18)31)13-17-2-4-20-22(10-17)36-15-34-20/h1-4,9-11H,5-8,12-15H2,(H,26,32). The number of fused-ring (bicyclic) bond motifs is 2. The van der Waals surface area contributed by atoms with E-state index in [1.165, 1.54) is 6.20 Å². The molecule has 186 valence electrons. The Kier molecular flexibility index (Phi) is 5.61. The Morgan fingerprint density at radius 3 is 2.00 bits per heavy atom. The molecule has 3 aliphatic rings. The average molecular weight is 492 g/mol. The van der Waals surface area contributed by atoms with Gasteiger partial charge in [-0.25, -0.2) is 4.79 Å². The van der Waals surface area contributed by atoms with Gasteiger partial charge in [0.2, 0.25) is 13.6 Å². The van der Waals surface area contributed by atoms with E-state index >= 15 is 0 Å². The van der Waals surface area contributed by atoms with E-state index in [2.05, 4.69) is 9.88 Å². The van der Waals surface area contributed by atoms with Crippen molar-refractivity contribution in [3.8, 4) is 23.0 Å². The quantitative estimate of drug-likeness (QED) is 0.561. The summed E-state index contributed by atoms with van der Waals surface area (Å²) in [7, 11) is 0. The fraction of sp³-hybridized carbons (Fsp3) is 0.320. The first-order chi connectivity index (χ1) is 17.5. The number of aromatic nitrogens is 2. The molecule has 0 radical (unpaired) electrons. The lowest BCUT2D eigenvalue weighted by Crippen LogP contribution is -2.50. The molecule has 0 atom stereocenters. The van der Waals surface area contributed by atoms with Gasteiger partial charge in [0, 0.05) is 38.9 Å². The molecule has 6 rings (SSSR count). The van der Waals surface area contributed by atoms with E-state index < -0.39 is 17.2 Å². The van der Waals surface area contributed by atoms with Crippen LogP contribution in [0.25, 0.3) is 0 Å². The Morgan fingerprint density at radius 2 is 1.36 bits per heavy atom. The fourth-order valence-corrected chi connectivity index (χ4v) is 4.61. The highest BCUT2D eigenvalue weighted by Crippen LogP contribution is 2.33. The van der Waals surface area contributed by atoms with Crippen molar-refractivity contribution in [2.75, 3.05) is 39.8 Å². The first kappa shape index (κ1) is 22.2. The number of rotatable bonds is 5. The molecular formula is C25H24N4O7. The Balaban J connectivity index is 1.13. The summed E-state index contributed by atoms with van der Waals surface area (Å²) in [5.41, 5.74) is 0.533. The van der Waals surface area contributed by atoms with Gasteiger partial charge in [-0.15, -0.1) is 0 Å². The summed E-state index contributed by atoms with van der Waals surface area (Å²) >= 11 is 0. The van der Waals surface area contributed by atoms with Gasteiger partial charge in [0.15, 0.2) is 23.0 Å². The topological polar surface area (TPSA) is 115 Å². The molecule has 11 nitrogen and oxygen atoms in total. The van der Waals surface area contributed by atoms with Crippen LogP contribution in [0.3, 0.4) is 0 Å². The van der Waals surface area contributed by atoms with Crippen molar-refractivity contribution in [2.45, 2.75) is 13.1 Å². The van der Waals surface area contributed by atoms with Crippen LogP contribution in [0.2, 0.25) is 0 Å². The number of nitrogens with zero attached hydrogens (tertiary/aromatic N) is 3. The minimum absolute atomic E-state index is 0.00916. The summed E-state index contributed by atoms with van der Waals surface area (Å²) < 4.78 is 22.5. The largest absolute Gasteiger partial charge is 0.454 e. The molecule has 4 heterocycles. The second-order valence-electron chi connectivity index (χ2n) is 8.84. The molecular weight excluding hydrogens is 468 g/mol. The van der Waals surface area contributed by atoms with Crippen LogP contribution < -0.4 is 30.2 Å². The van der Waals surface area contributed by atoms with E-state index in [0.29, 0.717) is 43.2 Å². The van der Waals surface area contributed by atoms with Crippen molar-refractivity contribution in [1.29, 1.82) is 0 Å². The highest BCUT2D eigenvalue weighted by atomic mass is 16.7. The Hall–Kier alpha value is -4.25. The molecule has 0 saturated carbocycles. The lowest BCUT2D eigenvalue weighted by atomic mass is 10.1. The SMILES string of the molecule is O=C(c1c[nH]c(=O)n(Cc2ccc3c(c2)OCO3)c1=O)N1CCN(Cc2ccc3c(c2)OCO3)CC1. The molecule has 0 spiro atoms. The van der Waals surface area contributed by atoms with Crippen LogP contribution in [-0.2, 0) is 13.1 Å². The van der Waals surface area contributed by atoms with Crippen LogP contribution in [0.15, 0.2) is 52.2 Å². The second-order valence-corrected chi connectivity index (χ2v) is 8.84. The molecule has 0 unspecified atom stereocenters. The summed E-state index contributed by atoms with van der Waals surface area (Å²) in [4.78, 5) is 45.2.